The molecule has 0 bridgehead atoms. The summed E-state index contributed by atoms with van der Waals surface area (Å²) in [7, 11) is 0. The number of halogens is 1. The first-order valence-electron chi connectivity index (χ1n) is 9.45. The molecule has 1 N–H and O–H groups in total. The highest BCUT2D eigenvalue weighted by atomic mass is 35.5. The lowest BCUT2D eigenvalue weighted by Crippen LogP contribution is -2.38. The van der Waals surface area contributed by atoms with Crippen molar-refractivity contribution >= 4 is 23.3 Å². The molecule has 0 radical (unpaired) electrons. The van der Waals surface area contributed by atoms with Crippen LogP contribution in [0.1, 0.15) is 54.7 Å². The fourth-order valence-electron chi connectivity index (χ4n) is 4.23. The van der Waals surface area contributed by atoms with Gasteiger partial charge < -0.3 is 5.32 Å². The molecule has 1 aliphatic heterocycles. The minimum atomic E-state index is -0.205. The summed E-state index contributed by atoms with van der Waals surface area (Å²) in [6, 6.07) is 16.0. The van der Waals surface area contributed by atoms with Crippen LogP contribution in [0.2, 0.25) is 5.02 Å². The summed E-state index contributed by atoms with van der Waals surface area (Å²) >= 11 is 6.14. The third kappa shape index (κ3) is 3.57. The molecule has 3 nitrogen and oxygen atoms in total. The van der Waals surface area contributed by atoms with Crippen molar-refractivity contribution in [2.75, 3.05) is 0 Å². The summed E-state index contributed by atoms with van der Waals surface area (Å²) in [6.45, 7) is 2.13. The summed E-state index contributed by atoms with van der Waals surface area (Å²) in [6.07, 6.45) is 2.46. The molecule has 2 atom stereocenters. The second-order valence-electron chi connectivity index (χ2n) is 7.38. The van der Waals surface area contributed by atoms with Crippen molar-refractivity contribution in [1.29, 1.82) is 0 Å². The number of carbonyl (C=O) groups is 2. The molecule has 0 spiro atoms. The highest BCUT2D eigenvalue weighted by Gasteiger charge is 2.38. The van der Waals surface area contributed by atoms with Crippen LogP contribution in [0.3, 0.4) is 0 Å². The van der Waals surface area contributed by atoms with Gasteiger partial charge in [0.25, 0.3) is 0 Å². The maximum Gasteiger partial charge on any atom is 0.225 e. The summed E-state index contributed by atoms with van der Waals surface area (Å²) in [5, 5.41) is 3.60. The van der Waals surface area contributed by atoms with Crippen LogP contribution in [0.4, 0.5) is 0 Å². The fraction of sp³-hybridized carbons (Fsp3) is 0.304. The molecule has 2 aromatic carbocycles. The number of allylic oxidation sites excluding steroid dienone is 2. The van der Waals surface area contributed by atoms with E-state index in [0.29, 0.717) is 24.3 Å². The lowest BCUT2D eigenvalue weighted by Gasteiger charge is -2.34. The molecule has 0 saturated carbocycles. The number of aryl methyl sites for hydroxylation is 1. The van der Waals surface area contributed by atoms with Gasteiger partial charge in [0, 0.05) is 35.1 Å². The Morgan fingerprint density at radius 1 is 1.00 bits per heavy atom. The Balaban J connectivity index is 1.68. The third-order valence-electron chi connectivity index (χ3n) is 5.65. The molecular weight excluding hydrogens is 358 g/mol. The predicted octanol–water partition coefficient (Wildman–Crippen LogP) is 4.91. The molecule has 1 aliphatic carbocycles. The molecule has 2 aliphatic rings. The molecule has 4 heteroatoms. The van der Waals surface area contributed by atoms with Crippen LogP contribution in [-0.4, -0.2) is 11.7 Å². The van der Waals surface area contributed by atoms with Crippen molar-refractivity contribution in [3.8, 4) is 0 Å². The van der Waals surface area contributed by atoms with Crippen molar-refractivity contribution in [2.24, 2.45) is 0 Å². The van der Waals surface area contributed by atoms with E-state index in [1.807, 2.05) is 24.3 Å². The van der Waals surface area contributed by atoms with Crippen LogP contribution >= 0.6 is 11.6 Å². The van der Waals surface area contributed by atoms with Gasteiger partial charge in [0.1, 0.15) is 0 Å². The number of nitrogens with one attached hydrogen (secondary N) is 1. The Morgan fingerprint density at radius 2 is 1.78 bits per heavy atom. The van der Waals surface area contributed by atoms with Crippen molar-refractivity contribution < 1.29 is 9.59 Å². The number of carbonyl (C=O) groups excluding carboxylic acids is 2. The van der Waals surface area contributed by atoms with E-state index in [-0.39, 0.29) is 23.5 Å². The van der Waals surface area contributed by atoms with Crippen LogP contribution in [0, 0.1) is 0 Å². The Morgan fingerprint density at radius 3 is 2.48 bits per heavy atom. The number of amides is 1. The second-order valence-corrected chi connectivity index (χ2v) is 7.81. The van der Waals surface area contributed by atoms with Gasteiger partial charge >= 0.3 is 0 Å². The van der Waals surface area contributed by atoms with Gasteiger partial charge in [0.05, 0.1) is 0 Å². The molecule has 1 heterocycles. The molecule has 0 saturated heterocycles. The largest absolute Gasteiger partial charge is 0.329 e. The Labute approximate surface area is 164 Å². The summed E-state index contributed by atoms with van der Waals surface area (Å²) in [4.78, 5) is 25.4. The molecule has 27 heavy (non-hydrogen) atoms. The Bertz CT molecular complexity index is 930. The number of hydrogen-bond acceptors (Lipinski definition) is 2. The van der Waals surface area contributed by atoms with Gasteiger partial charge in [-0.25, -0.2) is 0 Å². The van der Waals surface area contributed by atoms with Gasteiger partial charge in [-0.1, -0.05) is 54.9 Å². The van der Waals surface area contributed by atoms with E-state index in [2.05, 4.69) is 36.5 Å². The van der Waals surface area contributed by atoms with Gasteiger partial charge in [-0.3, -0.25) is 9.59 Å². The molecule has 1 amide bonds. The van der Waals surface area contributed by atoms with E-state index in [0.717, 1.165) is 28.8 Å². The van der Waals surface area contributed by atoms with E-state index in [4.69, 9.17) is 11.6 Å². The molecular formula is C23H22ClNO2. The minimum absolute atomic E-state index is 0.0338. The second kappa shape index (κ2) is 7.32. The quantitative estimate of drug-likeness (QED) is 0.823. The van der Waals surface area contributed by atoms with E-state index in [1.165, 1.54) is 5.56 Å². The number of hydrogen-bond donors (Lipinski definition) is 1. The standard InChI is InChI=1S/C23H22ClNO2/c1-2-14-6-8-15(9-7-14)17-11-20-23(21(26)12-17)19(13-22(27)25-20)16-4-3-5-18(24)10-16/h3-10,17,19H,2,11-13H2,1H3,(H,25,27). The van der Waals surface area contributed by atoms with Crippen LogP contribution in [0.5, 0.6) is 0 Å². The third-order valence-corrected chi connectivity index (χ3v) is 5.88. The van der Waals surface area contributed by atoms with Gasteiger partial charge in [-0.2, -0.15) is 0 Å². The van der Waals surface area contributed by atoms with E-state index < -0.39 is 0 Å². The molecule has 2 unspecified atom stereocenters. The van der Waals surface area contributed by atoms with Crippen LogP contribution < -0.4 is 5.32 Å². The van der Waals surface area contributed by atoms with Crippen LogP contribution in [0.25, 0.3) is 0 Å². The first-order chi connectivity index (χ1) is 13.0. The molecule has 138 valence electrons. The zero-order valence-corrected chi connectivity index (χ0v) is 16.1. The molecule has 0 fully saturated rings. The summed E-state index contributed by atoms with van der Waals surface area (Å²) in [5.41, 5.74) is 4.93. The summed E-state index contributed by atoms with van der Waals surface area (Å²) in [5.74, 6) is 0.00300. The molecule has 2 aromatic rings. The fourth-order valence-corrected chi connectivity index (χ4v) is 4.43. The Kier molecular flexibility index (Phi) is 4.88. The average Bonchev–Trinajstić information content (AvgIpc) is 2.67. The zero-order chi connectivity index (χ0) is 19.0. The van der Waals surface area contributed by atoms with Crippen molar-refractivity contribution in [3.63, 3.8) is 0 Å². The van der Waals surface area contributed by atoms with E-state index >= 15 is 0 Å². The number of ketones is 1. The van der Waals surface area contributed by atoms with Crippen LogP contribution in [-0.2, 0) is 16.0 Å². The molecule has 0 aromatic heterocycles. The molecule has 4 rings (SSSR count). The monoisotopic (exact) mass is 379 g/mol. The first-order valence-corrected chi connectivity index (χ1v) is 9.83. The van der Waals surface area contributed by atoms with Crippen molar-refractivity contribution in [1.82, 2.24) is 5.32 Å². The normalized spacial score (nSPS) is 22.4. The lowest BCUT2D eigenvalue weighted by molar-refractivity contribution is -0.122. The Hall–Kier alpha value is -2.39. The first kappa shape index (κ1) is 18.0. The zero-order valence-electron chi connectivity index (χ0n) is 15.3. The topological polar surface area (TPSA) is 46.2 Å². The van der Waals surface area contributed by atoms with E-state index in [9.17, 15) is 9.59 Å². The van der Waals surface area contributed by atoms with Gasteiger partial charge in [0.2, 0.25) is 5.91 Å². The highest BCUT2D eigenvalue weighted by molar-refractivity contribution is 6.30. The van der Waals surface area contributed by atoms with Gasteiger partial charge in [0.15, 0.2) is 5.78 Å². The van der Waals surface area contributed by atoms with Crippen LogP contribution in [0.15, 0.2) is 59.8 Å². The maximum absolute atomic E-state index is 13.1. The van der Waals surface area contributed by atoms with Gasteiger partial charge in [-0.15, -0.1) is 0 Å². The predicted molar refractivity (Wildman–Crippen MR) is 107 cm³/mol. The van der Waals surface area contributed by atoms with Gasteiger partial charge in [-0.05, 0) is 47.6 Å². The SMILES string of the molecule is CCc1ccc(C2CC(=O)C3=C(C2)NC(=O)CC3c2cccc(Cl)c2)cc1. The van der Waals surface area contributed by atoms with Crippen molar-refractivity contribution in [2.45, 2.75) is 44.4 Å². The minimum Gasteiger partial charge on any atom is -0.329 e. The lowest BCUT2D eigenvalue weighted by atomic mass is 9.73. The highest BCUT2D eigenvalue weighted by Crippen LogP contribution is 2.42. The number of Topliss-reactive ketones (excluding diaryl/α,β-unsaturated/α-hetero) is 1. The number of benzene rings is 2. The number of rotatable bonds is 3. The maximum atomic E-state index is 13.1. The smallest absolute Gasteiger partial charge is 0.225 e. The average molecular weight is 380 g/mol. The van der Waals surface area contributed by atoms with Crippen molar-refractivity contribution in [3.05, 3.63) is 81.5 Å². The van der Waals surface area contributed by atoms with E-state index in [1.54, 1.807) is 0 Å². The summed E-state index contributed by atoms with van der Waals surface area (Å²) < 4.78 is 0.